The molecule has 1 amide bonds. The average molecular weight is 284 g/mol. The highest BCUT2D eigenvalue weighted by atomic mass is 32.1. The summed E-state index contributed by atoms with van der Waals surface area (Å²) in [5.74, 6) is -0.195. The predicted octanol–water partition coefficient (Wildman–Crippen LogP) is 2.64. The third kappa shape index (κ3) is 2.75. The minimum absolute atomic E-state index is 0.195. The molecule has 1 N–H and O–H groups in total. The maximum Gasteiger partial charge on any atom is 0.275 e. The van der Waals surface area contributed by atoms with Crippen LogP contribution in [0.2, 0.25) is 0 Å². The minimum atomic E-state index is -0.195. The van der Waals surface area contributed by atoms with E-state index in [-0.39, 0.29) is 5.91 Å². The molecule has 0 saturated carbocycles. The minimum Gasteiger partial charge on any atom is -0.320 e. The van der Waals surface area contributed by atoms with Gasteiger partial charge in [-0.1, -0.05) is 18.2 Å². The first kappa shape index (κ1) is 12.6. The molecule has 2 aromatic heterocycles. The van der Waals surface area contributed by atoms with Crippen molar-refractivity contribution in [2.24, 2.45) is 0 Å². The van der Waals surface area contributed by atoms with Crippen molar-refractivity contribution >= 4 is 22.9 Å². The normalized spacial score (nSPS) is 10.4. The second kappa shape index (κ2) is 5.66. The van der Waals surface area contributed by atoms with Crippen LogP contribution >= 0.6 is 11.3 Å². The molecule has 0 atom stereocenters. The molecular weight excluding hydrogens is 272 g/mol. The summed E-state index contributed by atoms with van der Waals surface area (Å²) in [6.45, 7) is 0.612. The van der Waals surface area contributed by atoms with Gasteiger partial charge in [0.2, 0.25) is 0 Å². The van der Waals surface area contributed by atoms with Crippen LogP contribution in [0.4, 0.5) is 5.69 Å². The van der Waals surface area contributed by atoms with Crippen molar-refractivity contribution in [2.75, 3.05) is 5.32 Å². The van der Waals surface area contributed by atoms with Crippen LogP contribution in [0.3, 0.4) is 0 Å². The van der Waals surface area contributed by atoms with Crippen LogP contribution in [0, 0.1) is 0 Å². The summed E-state index contributed by atoms with van der Waals surface area (Å²) in [5, 5.41) is 8.79. The number of hydrogen-bond donors (Lipinski definition) is 1. The number of para-hydroxylation sites is 1. The van der Waals surface area contributed by atoms with E-state index in [1.165, 1.54) is 11.3 Å². The number of amides is 1. The smallest absolute Gasteiger partial charge is 0.275 e. The molecule has 0 spiro atoms. The van der Waals surface area contributed by atoms with E-state index in [4.69, 9.17) is 0 Å². The van der Waals surface area contributed by atoms with Gasteiger partial charge < -0.3 is 5.32 Å². The standard InChI is InChI=1S/C14H12N4OS/c19-14(13-9-20-10-15-13)17-12-5-2-1-4-11(12)8-18-7-3-6-16-18/h1-7,9-10H,8H2,(H,17,19). The van der Waals surface area contributed by atoms with Crippen LogP contribution in [-0.4, -0.2) is 20.7 Å². The monoisotopic (exact) mass is 284 g/mol. The molecule has 3 aromatic rings. The number of rotatable bonds is 4. The quantitative estimate of drug-likeness (QED) is 0.801. The van der Waals surface area contributed by atoms with Gasteiger partial charge in [-0.05, 0) is 17.7 Å². The Morgan fingerprint density at radius 1 is 1.30 bits per heavy atom. The van der Waals surface area contributed by atoms with Crippen molar-refractivity contribution in [3.05, 3.63) is 64.9 Å². The van der Waals surface area contributed by atoms with Gasteiger partial charge in [0.05, 0.1) is 12.1 Å². The number of anilines is 1. The predicted molar refractivity (Wildman–Crippen MR) is 77.8 cm³/mol. The number of nitrogens with zero attached hydrogens (tertiary/aromatic N) is 3. The Bertz CT molecular complexity index is 692. The van der Waals surface area contributed by atoms with E-state index in [2.05, 4.69) is 15.4 Å². The topological polar surface area (TPSA) is 59.8 Å². The summed E-state index contributed by atoms with van der Waals surface area (Å²) in [7, 11) is 0. The van der Waals surface area contributed by atoms with Gasteiger partial charge in [-0.2, -0.15) is 5.10 Å². The number of benzene rings is 1. The zero-order chi connectivity index (χ0) is 13.8. The van der Waals surface area contributed by atoms with Gasteiger partial charge in [0.15, 0.2) is 0 Å². The van der Waals surface area contributed by atoms with E-state index in [0.29, 0.717) is 12.2 Å². The fraction of sp³-hybridized carbons (Fsp3) is 0.0714. The molecule has 3 rings (SSSR count). The van der Waals surface area contributed by atoms with Crippen molar-refractivity contribution in [1.29, 1.82) is 0 Å². The summed E-state index contributed by atoms with van der Waals surface area (Å²) >= 11 is 1.40. The second-order valence-electron chi connectivity index (χ2n) is 4.19. The molecule has 0 radical (unpaired) electrons. The van der Waals surface area contributed by atoms with Crippen molar-refractivity contribution in [2.45, 2.75) is 6.54 Å². The molecule has 0 aliphatic rings. The summed E-state index contributed by atoms with van der Waals surface area (Å²) in [6, 6.07) is 9.55. The van der Waals surface area contributed by atoms with E-state index in [0.717, 1.165) is 11.3 Å². The molecule has 0 aliphatic heterocycles. The molecule has 5 nitrogen and oxygen atoms in total. The molecule has 1 aromatic carbocycles. The lowest BCUT2D eigenvalue weighted by Gasteiger charge is -2.10. The number of hydrogen-bond acceptors (Lipinski definition) is 4. The molecule has 2 heterocycles. The number of nitrogens with one attached hydrogen (secondary N) is 1. The largest absolute Gasteiger partial charge is 0.320 e. The van der Waals surface area contributed by atoms with E-state index in [1.54, 1.807) is 17.1 Å². The van der Waals surface area contributed by atoms with Crippen molar-refractivity contribution in [3.8, 4) is 0 Å². The van der Waals surface area contributed by atoms with E-state index >= 15 is 0 Å². The fourth-order valence-electron chi connectivity index (χ4n) is 1.86. The molecule has 6 heteroatoms. The zero-order valence-corrected chi connectivity index (χ0v) is 11.4. The molecule has 100 valence electrons. The van der Waals surface area contributed by atoms with Crippen molar-refractivity contribution in [1.82, 2.24) is 14.8 Å². The van der Waals surface area contributed by atoms with Crippen LogP contribution < -0.4 is 5.32 Å². The lowest BCUT2D eigenvalue weighted by Crippen LogP contribution is -2.14. The van der Waals surface area contributed by atoms with Crippen LogP contribution in [0.25, 0.3) is 0 Å². The Labute approximate surface area is 119 Å². The Morgan fingerprint density at radius 2 is 2.20 bits per heavy atom. The number of carbonyl (C=O) groups is 1. The van der Waals surface area contributed by atoms with Crippen LogP contribution in [0.5, 0.6) is 0 Å². The van der Waals surface area contributed by atoms with Crippen molar-refractivity contribution in [3.63, 3.8) is 0 Å². The zero-order valence-electron chi connectivity index (χ0n) is 10.6. The lowest BCUT2D eigenvalue weighted by atomic mass is 10.1. The second-order valence-corrected chi connectivity index (χ2v) is 4.91. The molecule has 0 unspecified atom stereocenters. The first-order valence-electron chi connectivity index (χ1n) is 6.08. The summed E-state index contributed by atoms with van der Waals surface area (Å²) < 4.78 is 1.81. The van der Waals surface area contributed by atoms with Gasteiger partial charge in [0, 0.05) is 23.5 Å². The average Bonchev–Trinajstić information content (AvgIpc) is 3.13. The van der Waals surface area contributed by atoms with Gasteiger partial charge >= 0.3 is 0 Å². The maximum absolute atomic E-state index is 12.0. The van der Waals surface area contributed by atoms with E-state index in [1.807, 2.05) is 41.2 Å². The van der Waals surface area contributed by atoms with Crippen LogP contribution in [0.1, 0.15) is 16.1 Å². The molecule has 0 aliphatic carbocycles. The van der Waals surface area contributed by atoms with E-state index < -0.39 is 0 Å². The Kier molecular flexibility index (Phi) is 3.56. The van der Waals surface area contributed by atoms with Gasteiger partial charge in [-0.25, -0.2) is 4.98 Å². The third-order valence-corrected chi connectivity index (χ3v) is 3.41. The number of thiazole rings is 1. The first-order valence-corrected chi connectivity index (χ1v) is 7.02. The molecule has 0 bridgehead atoms. The van der Waals surface area contributed by atoms with Gasteiger partial charge in [0.25, 0.3) is 5.91 Å². The molecule has 0 fully saturated rings. The van der Waals surface area contributed by atoms with Crippen molar-refractivity contribution < 1.29 is 4.79 Å². The third-order valence-electron chi connectivity index (χ3n) is 2.82. The van der Waals surface area contributed by atoms with Gasteiger partial charge in [-0.3, -0.25) is 9.48 Å². The Hall–Kier alpha value is -2.47. The highest BCUT2D eigenvalue weighted by Gasteiger charge is 2.10. The lowest BCUT2D eigenvalue weighted by molar-refractivity contribution is 0.102. The number of aromatic nitrogens is 3. The van der Waals surface area contributed by atoms with Crippen LogP contribution in [-0.2, 0) is 6.54 Å². The maximum atomic E-state index is 12.0. The Balaban J connectivity index is 1.81. The summed E-state index contributed by atoms with van der Waals surface area (Å²) in [6.07, 6.45) is 3.62. The molecule has 0 saturated heterocycles. The SMILES string of the molecule is O=C(Nc1ccccc1Cn1cccn1)c1cscn1. The van der Waals surface area contributed by atoms with Crippen LogP contribution in [0.15, 0.2) is 53.6 Å². The molecular formula is C14H12N4OS. The summed E-state index contributed by atoms with van der Waals surface area (Å²) in [4.78, 5) is 16.0. The fourth-order valence-corrected chi connectivity index (χ4v) is 2.39. The molecule has 20 heavy (non-hydrogen) atoms. The van der Waals surface area contributed by atoms with Gasteiger partial charge in [-0.15, -0.1) is 11.3 Å². The highest BCUT2D eigenvalue weighted by Crippen LogP contribution is 2.17. The number of carbonyl (C=O) groups excluding carboxylic acids is 1. The van der Waals surface area contributed by atoms with Gasteiger partial charge in [0.1, 0.15) is 5.69 Å². The highest BCUT2D eigenvalue weighted by molar-refractivity contribution is 7.07. The first-order chi connectivity index (χ1) is 9.83. The Morgan fingerprint density at radius 3 is 2.95 bits per heavy atom. The summed E-state index contributed by atoms with van der Waals surface area (Å²) in [5.41, 5.74) is 3.86. The van der Waals surface area contributed by atoms with E-state index in [9.17, 15) is 4.79 Å².